The van der Waals surface area contributed by atoms with E-state index < -0.39 is 0 Å². The highest BCUT2D eigenvalue weighted by atomic mass is 35.5. The highest BCUT2D eigenvalue weighted by Crippen LogP contribution is 2.34. The van der Waals surface area contributed by atoms with Gasteiger partial charge >= 0.3 is 0 Å². The Morgan fingerprint density at radius 2 is 2.00 bits per heavy atom. The van der Waals surface area contributed by atoms with Gasteiger partial charge in [-0.25, -0.2) is 4.98 Å². The standard InChI is InChI=1S/C18H16ClN3O2S/c19-13-6-2-1-5-11(13)12-10-25-18-16(12)17(24)20-14(21-18)9-15(23)22-7-3-4-8-22/h1-2,5-6,10H,3-4,7-9H2,(H,20,21,24). The largest absolute Gasteiger partial charge is 0.342 e. The number of nitrogens with one attached hydrogen (secondary N) is 1. The van der Waals surface area contributed by atoms with Crippen molar-refractivity contribution in [1.29, 1.82) is 0 Å². The molecule has 0 radical (unpaired) electrons. The van der Waals surface area contributed by atoms with Crippen LogP contribution in [0.15, 0.2) is 34.4 Å². The van der Waals surface area contributed by atoms with Crippen molar-refractivity contribution in [2.24, 2.45) is 0 Å². The Labute approximate surface area is 153 Å². The lowest BCUT2D eigenvalue weighted by atomic mass is 10.1. The number of fused-ring (bicyclic) bond motifs is 1. The second kappa shape index (κ2) is 6.61. The van der Waals surface area contributed by atoms with Crippen molar-refractivity contribution >= 4 is 39.1 Å². The molecule has 1 fully saturated rings. The molecule has 1 aliphatic heterocycles. The molecule has 0 atom stereocenters. The predicted molar refractivity (Wildman–Crippen MR) is 100 cm³/mol. The van der Waals surface area contributed by atoms with Gasteiger partial charge in [-0.05, 0) is 18.9 Å². The van der Waals surface area contributed by atoms with Crippen molar-refractivity contribution in [2.45, 2.75) is 19.3 Å². The maximum absolute atomic E-state index is 12.6. The molecule has 2 aromatic heterocycles. The van der Waals surface area contributed by atoms with Crippen LogP contribution in [0.2, 0.25) is 5.02 Å². The van der Waals surface area contributed by atoms with Crippen LogP contribution in [0.3, 0.4) is 0 Å². The van der Waals surface area contributed by atoms with Gasteiger partial charge in [0.25, 0.3) is 5.56 Å². The summed E-state index contributed by atoms with van der Waals surface area (Å²) in [5.74, 6) is 0.435. The number of benzene rings is 1. The highest BCUT2D eigenvalue weighted by Gasteiger charge is 2.20. The third kappa shape index (κ3) is 3.07. The SMILES string of the molecule is O=C(Cc1nc2scc(-c3ccccc3Cl)c2c(=O)[nH]1)N1CCCC1. The van der Waals surface area contributed by atoms with Gasteiger partial charge in [-0.15, -0.1) is 11.3 Å². The van der Waals surface area contributed by atoms with Crippen molar-refractivity contribution in [1.82, 2.24) is 14.9 Å². The van der Waals surface area contributed by atoms with Crippen molar-refractivity contribution in [3.63, 3.8) is 0 Å². The molecule has 4 rings (SSSR count). The molecule has 0 spiro atoms. The average Bonchev–Trinajstić information content (AvgIpc) is 3.25. The number of hydrogen-bond acceptors (Lipinski definition) is 4. The quantitative estimate of drug-likeness (QED) is 0.764. The minimum Gasteiger partial charge on any atom is -0.342 e. The number of amides is 1. The second-order valence-electron chi connectivity index (χ2n) is 6.09. The van der Waals surface area contributed by atoms with E-state index in [-0.39, 0.29) is 17.9 Å². The van der Waals surface area contributed by atoms with Crippen LogP contribution in [0.5, 0.6) is 0 Å². The summed E-state index contributed by atoms with van der Waals surface area (Å²) in [5.41, 5.74) is 1.35. The normalized spacial score (nSPS) is 14.4. The number of thiophene rings is 1. The molecule has 5 nitrogen and oxygen atoms in total. The molecule has 128 valence electrons. The van der Waals surface area contributed by atoms with Gasteiger partial charge in [0.2, 0.25) is 5.91 Å². The fraction of sp³-hybridized carbons (Fsp3) is 0.278. The summed E-state index contributed by atoms with van der Waals surface area (Å²) in [4.78, 5) is 34.6. The van der Waals surface area contributed by atoms with Gasteiger partial charge in [-0.3, -0.25) is 9.59 Å². The lowest BCUT2D eigenvalue weighted by Crippen LogP contribution is -2.30. The number of halogens is 1. The Morgan fingerprint density at radius 1 is 1.24 bits per heavy atom. The summed E-state index contributed by atoms with van der Waals surface area (Å²) in [6.45, 7) is 1.59. The van der Waals surface area contributed by atoms with Crippen LogP contribution < -0.4 is 5.56 Å². The molecule has 7 heteroatoms. The molecule has 3 aromatic rings. The molecule has 1 N–H and O–H groups in total. The highest BCUT2D eigenvalue weighted by molar-refractivity contribution is 7.17. The smallest absolute Gasteiger partial charge is 0.260 e. The van der Waals surface area contributed by atoms with E-state index in [9.17, 15) is 9.59 Å². The fourth-order valence-corrected chi connectivity index (χ4v) is 4.37. The molecule has 1 amide bonds. The Balaban J connectivity index is 1.71. The Bertz CT molecular complexity index is 1000. The first-order valence-electron chi connectivity index (χ1n) is 8.16. The molecule has 1 aliphatic rings. The molecule has 0 aliphatic carbocycles. The van der Waals surface area contributed by atoms with E-state index in [1.165, 1.54) is 11.3 Å². The third-order valence-electron chi connectivity index (χ3n) is 4.43. The van der Waals surface area contributed by atoms with Crippen molar-refractivity contribution in [3.8, 4) is 11.1 Å². The summed E-state index contributed by atoms with van der Waals surface area (Å²) in [6, 6.07) is 7.42. The first-order valence-corrected chi connectivity index (χ1v) is 9.42. The van der Waals surface area contributed by atoms with Gasteiger partial charge < -0.3 is 9.88 Å². The predicted octanol–water partition coefficient (Wildman–Crippen LogP) is 3.47. The molecular formula is C18H16ClN3O2S. The second-order valence-corrected chi connectivity index (χ2v) is 7.35. The number of carbonyl (C=O) groups is 1. The van der Waals surface area contributed by atoms with Crippen LogP contribution >= 0.6 is 22.9 Å². The van der Waals surface area contributed by atoms with E-state index in [4.69, 9.17) is 11.6 Å². The molecule has 0 unspecified atom stereocenters. The van der Waals surface area contributed by atoms with Gasteiger partial charge in [-0.1, -0.05) is 29.8 Å². The fourth-order valence-electron chi connectivity index (χ4n) is 3.18. The van der Waals surface area contributed by atoms with Crippen LogP contribution in [0.4, 0.5) is 0 Å². The summed E-state index contributed by atoms with van der Waals surface area (Å²) >= 11 is 7.65. The van der Waals surface area contributed by atoms with E-state index in [2.05, 4.69) is 9.97 Å². The summed E-state index contributed by atoms with van der Waals surface area (Å²) in [5, 5.41) is 3.01. The lowest BCUT2D eigenvalue weighted by Gasteiger charge is -2.14. The Morgan fingerprint density at radius 3 is 2.76 bits per heavy atom. The molecule has 0 saturated carbocycles. The van der Waals surface area contributed by atoms with E-state index >= 15 is 0 Å². The van der Waals surface area contributed by atoms with Crippen LogP contribution in [-0.4, -0.2) is 33.9 Å². The number of H-pyrrole nitrogens is 1. The van der Waals surface area contributed by atoms with Gasteiger partial charge in [0.05, 0.1) is 11.8 Å². The van der Waals surface area contributed by atoms with Gasteiger partial charge in [0, 0.05) is 34.6 Å². The topological polar surface area (TPSA) is 66.1 Å². The van der Waals surface area contributed by atoms with Crippen molar-refractivity contribution in [3.05, 3.63) is 50.8 Å². The summed E-state index contributed by atoms with van der Waals surface area (Å²) in [6.07, 6.45) is 2.21. The minimum atomic E-state index is -0.231. The molecule has 3 heterocycles. The Kier molecular flexibility index (Phi) is 4.31. The number of nitrogens with zero attached hydrogens (tertiary/aromatic N) is 2. The van der Waals surface area contributed by atoms with Crippen LogP contribution in [0, 0.1) is 0 Å². The first kappa shape index (κ1) is 16.3. The van der Waals surface area contributed by atoms with Crippen molar-refractivity contribution < 1.29 is 4.79 Å². The number of carbonyl (C=O) groups excluding carboxylic acids is 1. The number of likely N-dealkylation sites (tertiary alicyclic amines) is 1. The number of rotatable bonds is 3. The molecule has 1 saturated heterocycles. The average molecular weight is 374 g/mol. The van der Waals surface area contributed by atoms with E-state index in [1.54, 1.807) is 6.07 Å². The van der Waals surface area contributed by atoms with Crippen LogP contribution in [-0.2, 0) is 11.2 Å². The van der Waals surface area contributed by atoms with Crippen LogP contribution in [0.1, 0.15) is 18.7 Å². The lowest BCUT2D eigenvalue weighted by molar-refractivity contribution is -0.129. The van der Waals surface area contributed by atoms with Crippen molar-refractivity contribution in [2.75, 3.05) is 13.1 Å². The zero-order chi connectivity index (χ0) is 17.4. The molecular weight excluding hydrogens is 358 g/mol. The maximum atomic E-state index is 12.6. The monoisotopic (exact) mass is 373 g/mol. The van der Waals surface area contributed by atoms with Crippen LogP contribution in [0.25, 0.3) is 21.3 Å². The molecule has 0 bridgehead atoms. The summed E-state index contributed by atoms with van der Waals surface area (Å²) in [7, 11) is 0. The maximum Gasteiger partial charge on any atom is 0.260 e. The third-order valence-corrected chi connectivity index (χ3v) is 5.64. The van der Waals surface area contributed by atoms with E-state index in [1.807, 2.05) is 28.5 Å². The van der Waals surface area contributed by atoms with E-state index in [0.29, 0.717) is 21.1 Å². The number of aromatic nitrogens is 2. The minimum absolute atomic E-state index is 0.0166. The van der Waals surface area contributed by atoms with E-state index in [0.717, 1.165) is 37.1 Å². The van der Waals surface area contributed by atoms with Gasteiger partial charge in [0.1, 0.15) is 10.7 Å². The number of hydrogen-bond donors (Lipinski definition) is 1. The molecule has 25 heavy (non-hydrogen) atoms. The van der Waals surface area contributed by atoms with Gasteiger partial charge in [-0.2, -0.15) is 0 Å². The Hall–Kier alpha value is -2.18. The first-order chi connectivity index (χ1) is 12.1. The zero-order valence-electron chi connectivity index (χ0n) is 13.4. The number of aromatic amines is 1. The van der Waals surface area contributed by atoms with Gasteiger partial charge in [0.15, 0.2) is 0 Å². The zero-order valence-corrected chi connectivity index (χ0v) is 15.0. The summed E-state index contributed by atoms with van der Waals surface area (Å²) < 4.78 is 0. The molecule has 1 aromatic carbocycles.